The van der Waals surface area contributed by atoms with Gasteiger partial charge >= 0.3 is 0 Å². The van der Waals surface area contributed by atoms with Gasteiger partial charge < -0.3 is 5.73 Å². The number of aromatic nitrogens is 2. The molecule has 1 aromatic heterocycles. The van der Waals surface area contributed by atoms with Crippen LogP contribution in [0.2, 0.25) is 0 Å². The van der Waals surface area contributed by atoms with Crippen molar-refractivity contribution in [3.63, 3.8) is 0 Å². The summed E-state index contributed by atoms with van der Waals surface area (Å²) >= 11 is 0. The van der Waals surface area contributed by atoms with Crippen LogP contribution in [-0.2, 0) is 0 Å². The maximum absolute atomic E-state index is 5.92. The van der Waals surface area contributed by atoms with Gasteiger partial charge in [0, 0.05) is 19.3 Å². The lowest BCUT2D eigenvalue weighted by Gasteiger charge is -2.37. The number of piperidine rings is 1. The minimum Gasteiger partial charge on any atom is -0.329 e. The van der Waals surface area contributed by atoms with Crippen LogP contribution in [0.25, 0.3) is 0 Å². The first-order valence-corrected chi connectivity index (χ1v) is 6.55. The molecular weight excluding hydrogens is 212 g/mol. The quantitative estimate of drug-likeness (QED) is 0.859. The molecule has 4 nitrogen and oxygen atoms in total. The molecule has 0 saturated carbocycles. The van der Waals surface area contributed by atoms with Gasteiger partial charge in [0.1, 0.15) is 6.33 Å². The average Bonchev–Trinajstić information content (AvgIpc) is 2.41. The second-order valence-electron chi connectivity index (χ2n) is 4.80. The number of rotatable bonds is 4. The molecule has 0 amide bonds. The van der Waals surface area contributed by atoms with Crippen molar-refractivity contribution in [2.45, 2.75) is 32.2 Å². The largest absolute Gasteiger partial charge is 0.329 e. The van der Waals surface area contributed by atoms with Crippen LogP contribution < -0.4 is 5.73 Å². The number of hydrogen-bond acceptors (Lipinski definition) is 4. The van der Waals surface area contributed by atoms with Crippen molar-refractivity contribution in [3.05, 3.63) is 24.3 Å². The van der Waals surface area contributed by atoms with Gasteiger partial charge in [0.2, 0.25) is 0 Å². The molecule has 1 aliphatic rings. The first-order valence-electron chi connectivity index (χ1n) is 6.55. The van der Waals surface area contributed by atoms with Gasteiger partial charge in [-0.05, 0) is 31.4 Å². The van der Waals surface area contributed by atoms with Crippen molar-refractivity contribution in [1.82, 2.24) is 14.9 Å². The van der Waals surface area contributed by atoms with E-state index in [-0.39, 0.29) is 6.04 Å². The summed E-state index contributed by atoms with van der Waals surface area (Å²) in [6.45, 7) is 5.20. The predicted octanol–water partition coefficient (Wildman–Crippen LogP) is 1.60. The van der Waals surface area contributed by atoms with E-state index in [4.69, 9.17) is 5.73 Å². The first kappa shape index (κ1) is 12.5. The molecule has 0 aromatic carbocycles. The van der Waals surface area contributed by atoms with Crippen LogP contribution in [0.3, 0.4) is 0 Å². The van der Waals surface area contributed by atoms with Crippen molar-refractivity contribution in [2.75, 3.05) is 19.6 Å². The van der Waals surface area contributed by atoms with Crippen molar-refractivity contribution >= 4 is 0 Å². The van der Waals surface area contributed by atoms with Crippen LogP contribution >= 0.6 is 0 Å². The molecule has 94 valence electrons. The maximum atomic E-state index is 5.92. The Balaban J connectivity index is 2.08. The first-order chi connectivity index (χ1) is 8.35. The van der Waals surface area contributed by atoms with Gasteiger partial charge in [0.05, 0.1) is 11.7 Å². The van der Waals surface area contributed by atoms with Crippen LogP contribution in [0.4, 0.5) is 0 Å². The van der Waals surface area contributed by atoms with E-state index in [1.807, 2.05) is 6.07 Å². The fourth-order valence-electron chi connectivity index (χ4n) is 2.67. The molecule has 2 N–H and O–H groups in total. The molecule has 4 heteroatoms. The van der Waals surface area contributed by atoms with E-state index in [2.05, 4.69) is 21.8 Å². The molecule has 1 aromatic rings. The molecule has 0 bridgehead atoms. The second kappa shape index (κ2) is 6.07. The summed E-state index contributed by atoms with van der Waals surface area (Å²) in [5, 5.41) is 0. The summed E-state index contributed by atoms with van der Waals surface area (Å²) in [6, 6.07) is 2.24. The standard InChI is InChI=1S/C13H22N4/c1-2-11-4-3-7-17(9-11)13(8-14)12-5-6-15-10-16-12/h5-6,10-11,13H,2-4,7-9,14H2,1H3. The van der Waals surface area contributed by atoms with Gasteiger partial charge in [-0.25, -0.2) is 9.97 Å². The molecule has 2 rings (SSSR count). The Morgan fingerprint density at radius 2 is 2.47 bits per heavy atom. The Morgan fingerprint density at radius 1 is 1.59 bits per heavy atom. The summed E-state index contributed by atoms with van der Waals surface area (Å²) in [7, 11) is 0. The third-order valence-electron chi connectivity index (χ3n) is 3.74. The second-order valence-corrected chi connectivity index (χ2v) is 4.80. The van der Waals surface area contributed by atoms with Gasteiger partial charge in [-0.1, -0.05) is 13.3 Å². The zero-order valence-corrected chi connectivity index (χ0v) is 10.5. The molecule has 0 radical (unpaired) electrons. The normalized spacial score (nSPS) is 23.5. The summed E-state index contributed by atoms with van der Waals surface area (Å²) < 4.78 is 0. The molecule has 2 heterocycles. The SMILES string of the molecule is CCC1CCCN(C(CN)c2ccncn2)C1. The molecule has 1 saturated heterocycles. The molecule has 1 aliphatic heterocycles. The van der Waals surface area contributed by atoms with E-state index >= 15 is 0 Å². The number of nitrogens with zero attached hydrogens (tertiary/aromatic N) is 3. The van der Waals surface area contributed by atoms with E-state index in [1.165, 1.54) is 19.3 Å². The Kier molecular flexibility index (Phi) is 4.45. The van der Waals surface area contributed by atoms with Gasteiger partial charge in [0.15, 0.2) is 0 Å². The van der Waals surface area contributed by atoms with E-state index in [9.17, 15) is 0 Å². The average molecular weight is 234 g/mol. The van der Waals surface area contributed by atoms with Gasteiger partial charge in [-0.3, -0.25) is 4.90 Å². The molecule has 0 spiro atoms. The Hall–Kier alpha value is -1.00. The number of likely N-dealkylation sites (tertiary alicyclic amines) is 1. The zero-order chi connectivity index (χ0) is 12.1. The van der Waals surface area contributed by atoms with E-state index in [0.29, 0.717) is 6.54 Å². The van der Waals surface area contributed by atoms with E-state index in [1.54, 1.807) is 12.5 Å². The predicted molar refractivity (Wildman–Crippen MR) is 68.4 cm³/mol. The minimum absolute atomic E-state index is 0.257. The Labute approximate surface area is 103 Å². The summed E-state index contributed by atoms with van der Waals surface area (Å²) in [5.41, 5.74) is 6.98. The van der Waals surface area contributed by atoms with Crippen LogP contribution in [-0.4, -0.2) is 34.5 Å². The lowest BCUT2D eigenvalue weighted by molar-refractivity contribution is 0.122. The van der Waals surface area contributed by atoms with Gasteiger partial charge in [0.25, 0.3) is 0 Å². The number of hydrogen-bond donors (Lipinski definition) is 1. The lowest BCUT2D eigenvalue weighted by Crippen LogP contribution is -2.41. The molecule has 1 fully saturated rings. The van der Waals surface area contributed by atoms with E-state index in [0.717, 1.165) is 24.7 Å². The van der Waals surface area contributed by atoms with Crippen LogP contribution in [0.1, 0.15) is 37.9 Å². The van der Waals surface area contributed by atoms with Crippen LogP contribution in [0.15, 0.2) is 18.6 Å². The van der Waals surface area contributed by atoms with Gasteiger partial charge in [-0.2, -0.15) is 0 Å². The topological polar surface area (TPSA) is 55.0 Å². The minimum atomic E-state index is 0.257. The van der Waals surface area contributed by atoms with Gasteiger partial charge in [-0.15, -0.1) is 0 Å². The van der Waals surface area contributed by atoms with Crippen LogP contribution in [0, 0.1) is 5.92 Å². The highest BCUT2D eigenvalue weighted by Gasteiger charge is 2.25. The third kappa shape index (κ3) is 3.01. The smallest absolute Gasteiger partial charge is 0.115 e. The highest BCUT2D eigenvalue weighted by Crippen LogP contribution is 2.26. The third-order valence-corrected chi connectivity index (χ3v) is 3.74. The summed E-state index contributed by atoms with van der Waals surface area (Å²) in [5.74, 6) is 0.819. The molecule has 17 heavy (non-hydrogen) atoms. The molecule has 2 atom stereocenters. The van der Waals surface area contributed by atoms with Crippen molar-refractivity contribution in [2.24, 2.45) is 11.7 Å². The number of nitrogens with two attached hydrogens (primary N) is 1. The zero-order valence-electron chi connectivity index (χ0n) is 10.5. The van der Waals surface area contributed by atoms with E-state index < -0.39 is 0 Å². The van der Waals surface area contributed by atoms with Crippen molar-refractivity contribution < 1.29 is 0 Å². The Morgan fingerprint density at radius 3 is 3.12 bits per heavy atom. The highest BCUT2D eigenvalue weighted by molar-refractivity contribution is 5.06. The Bertz CT molecular complexity index is 327. The van der Waals surface area contributed by atoms with Crippen LogP contribution in [0.5, 0.6) is 0 Å². The molecule has 0 aliphatic carbocycles. The summed E-state index contributed by atoms with van der Waals surface area (Å²) in [4.78, 5) is 10.8. The maximum Gasteiger partial charge on any atom is 0.115 e. The van der Waals surface area contributed by atoms with Crippen molar-refractivity contribution in [3.8, 4) is 0 Å². The monoisotopic (exact) mass is 234 g/mol. The fraction of sp³-hybridized carbons (Fsp3) is 0.692. The fourth-order valence-corrected chi connectivity index (χ4v) is 2.67. The highest BCUT2D eigenvalue weighted by atomic mass is 15.2. The lowest BCUT2D eigenvalue weighted by atomic mass is 9.94. The van der Waals surface area contributed by atoms with Crippen molar-refractivity contribution in [1.29, 1.82) is 0 Å². The molecular formula is C13H22N4. The summed E-state index contributed by atoms with van der Waals surface area (Å²) in [6.07, 6.45) is 7.30. The molecule has 2 unspecified atom stereocenters.